The summed E-state index contributed by atoms with van der Waals surface area (Å²) in [4.78, 5) is 11.7. The molecule has 0 aliphatic carbocycles. The molecule has 0 bridgehead atoms. The van der Waals surface area contributed by atoms with Crippen molar-refractivity contribution in [3.63, 3.8) is 0 Å². The van der Waals surface area contributed by atoms with E-state index in [0.717, 1.165) is 23.1 Å². The fourth-order valence-electron chi connectivity index (χ4n) is 2.58. The highest BCUT2D eigenvalue weighted by molar-refractivity contribution is 6.30. The summed E-state index contributed by atoms with van der Waals surface area (Å²) in [6.07, 6.45) is 0.253. The largest absolute Gasteiger partial charge is 0.484 e. The van der Waals surface area contributed by atoms with E-state index in [1.807, 2.05) is 48.5 Å². The highest BCUT2D eigenvalue weighted by atomic mass is 35.5. The van der Waals surface area contributed by atoms with Crippen LogP contribution in [-0.2, 0) is 11.3 Å². The number of fused-ring (bicyclic) bond motifs is 1. The van der Waals surface area contributed by atoms with Crippen molar-refractivity contribution in [3.8, 4) is 5.75 Å². The summed E-state index contributed by atoms with van der Waals surface area (Å²) >= 11 is 5.96. The van der Waals surface area contributed by atoms with E-state index >= 15 is 0 Å². The van der Waals surface area contributed by atoms with E-state index in [0.29, 0.717) is 18.1 Å². The molecule has 2 aromatic rings. The zero-order valence-electron chi connectivity index (χ0n) is 12.9. The summed E-state index contributed by atoms with van der Waals surface area (Å²) in [6, 6.07) is 15.2. The Labute approximate surface area is 145 Å². The molecule has 1 N–H and O–H groups in total. The Kier molecular flexibility index (Phi) is 5.03. The third-order valence-corrected chi connectivity index (χ3v) is 3.92. The number of carbonyl (C=O) groups is 1. The van der Waals surface area contributed by atoms with Gasteiger partial charge in [0.1, 0.15) is 11.9 Å². The smallest absolute Gasteiger partial charge is 0.426 e. The first-order valence-electron chi connectivity index (χ1n) is 7.49. The first-order chi connectivity index (χ1) is 11.7. The third-order valence-electron chi connectivity index (χ3n) is 3.67. The SMILES string of the molecule is C=COC(=O)NN1Cc2ccccc2OC(c2ccc(Cl)cc2)C1. The molecule has 5 nitrogen and oxygen atoms in total. The van der Waals surface area contributed by atoms with Gasteiger partial charge < -0.3 is 9.47 Å². The van der Waals surface area contributed by atoms with Crippen LogP contribution in [0.1, 0.15) is 17.2 Å². The van der Waals surface area contributed by atoms with E-state index in [1.54, 1.807) is 5.01 Å². The Morgan fingerprint density at radius 3 is 2.79 bits per heavy atom. The van der Waals surface area contributed by atoms with Gasteiger partial charge in [-0.25, -0.2) is 9.80 Å². The number of halogens is 1. The third kappa shape index (κ3) is 3.88. The summed E-state index contributed by atoms with van der Waals surface area (Å²) < 4.78 is 10.9. The van der Waals surface area contributed by atoms with Crippen LogP contribution in [0, 0.1) is 0 Å². The van der Waals surface area contributed by atoms with Crippen LogP contribution < -0.4 is 10.2 Å². The van der Waals surface area contributed by atoms with E-state index in [9.17, 15) is 4.79 Å². The van der Waals surface area contributed by atoms with Crippen molar-refractivity contribution in [2.45, 2.75) is 12.6 Å². The molecule has 3 rings (SSSR count). The molecule has 2 aromatic carbocycles. The van der Waals surface area contributed by atoms with Gasteiger partial charge >= 0.3 is 6.09 Å². The molecule has 6 heteroatoms. The highest BCUT2D eigenvalue weighted by Crippen LogP contribution is 2.30. The second-order valence-corrected chi connectivity index (χ2v) is 5.77. The zero-order chi connectivity index (χ0) is 16.9. The van der Waals surface area contributed by atoms with E-state index in [-0.39, 0.29) is 6.10 Å². The normalized spacial score (nSPS) is 17.1. The van der Waals surface area contributed by atoms with Gasteiger partial charge in [-0.2, -0.15) is 0 Å². The fourth-order valence-corrected chi connectivity index (χ4v) is 2.70. The number of benzene rings is 2. The van der Waals surface area contributed by atoms with Crippen LogP contribution in [0.15, 0.2) is 61.4 Å². The number of carbonyl (C=O) groups excluding carboxylic acids is 1. The molecule has 1 atom stereocenters. The summed E-state index contributed by atoms with van der Waals surface area (Å²) in [5.41, 5.74) is 4.66. The summed E-state index contributed by atoms with van der Waals surface area (Å²) in [5, 5.41) is 2.43. The Bertz CT molecular complexity index is 733. The summed E-state index contributed by atoms with van der Waals surface area (Å²) in [5.74, 6) is 0.791. The van der Waals surface area contributed by atoms with Crippen LogP contribution in [0.2, 0.25) is 5.02 Å². The lowest BCUT2D eigenvalue weighted by molar-refractivity contribution is 0.0965. The molecule has 1 amide bonds. The Morgan fingerprint density at radius 1 is 1.29 bits per heavy atom. The molecular formula is C18H17ClN2O3. The van der Waals surface area contributed by atoms with Gasteiger partial charge in [-0.1, -0.05) is 48.5 Å². The van der Waals surface area contributed by atoms with Crippen LogP contribution in [0.3, 0.4) is 0 Å². The van der Waals surface area contributed by atoms with Crippen LogP contribution in [0.5, 0.6) is 5.75 Å². The lowest BCUT2D eigenvalue weighted by Gasteiger charge is -2.24. The molecule has 0 spiro atoms. The summed E-state index contributed by atoms with van der Waals surface area (Å²) in [6.45, 7) is 4.35. The first-order valence-corrected chi connectivity index (χ1v) is 7.86. The predicted molar refractivity (Wildman–Crippen MR) is 91.5 cm³/mol. The molecule has 0 aromatic heterocycles. The molecule has 0 radical (unpaired) electrons. The monoisotopic (exact) mass is 344 g/mol. The van der Waals surface area contributed by atoms with Crippen molar-refractivity contribution in [2.24, 2.45) is 0 Å². The second-order valence-electron chi connectivity index (χ2n) is 5.33. The number of hydrazine groups is 1. The number of ether oxygens (including phenoxy) is 2. The topological polar surface area (TPSA) is 50.8 Å². The molecule has 0 fully saturated rings. The van der Waals surface area contributed by atoms with E-state index in [4.69, 9.17) is 21.1 Å². The molecule has 1 heterocycles. The molecular weight excluding hydrogens is 328 g/mol. The minimum atomic E-state index is -0.584. The molecule has 0 saturated heterocycles. The maximum atomic E-state index is 11.7. The van der Waals surface area contributed by atoms with Gasteiger partial charge in [0.25, 0.3) is 0 Å². The molecule has 1 aliphatic rings. The standard InChI is InChI=1S/C18H17ClN2O3/c1-2-23-18(22)20-21-11-14-5-3-4-6-16(14)24-17(12-21)13-7-9-15(19)10-8-13/h2-10,17H,1,11-12H2,(H,20,22). The Morgan fingerprint density at radius 2 is 2.04 bits per heavy atom. The number of rotatable bonds is 3. The minimum Gasteiger partial charge on any atom is -0.484 e. The number of nitrogens with zero attached hydrogens (tertiary/aromatic N) is 1. The van der Waals surface area contributed by atoms with Crippen molar-refractivity contribution >= 4 is 17.7 Å². The molecule has 0 saturated carbocycles. The van der Waals surface area contributed by atoms with Crippen molar-refractivity contribution in [1.82, 2.24) is 10.4 Å². The number of hydrogen-bond acceptors (Lipinski definition) is 4. The Hall–Kier alpha value is -2.50. The van der Waals surface area contributed by atoms with Crippen molar-refractivity contribution < 1.29 is 14.3 Å². The van der Waals surface area contributed by atoms with Gasteiger partial charge in [0.15, 0.2) is 0 Å². The average Bonchev–Trinajstić information content (AvgIpc) is 2.74. The molecule has 1 aliphatic heterocycles. The van der Waals surface area contributed by atoms with Gasteiger partial charge in [-0.3, -0.25) is 5.43 Å². The second kappa shape index (κ2) is 7.38. The van der Waals surface area contributed by atoms with Gasteiger partial charge in [-0.15, -0.1) is 0 Å². The number of hydrogen-bond donors (Lipinski definition) is 1. The van der Waals surface area contributed by atoms with Gasteiger partial charge in [0.2, 0.25) is 0 Å². The summed E-state index contributed by atoms with van der Waals surface area (Å²) in [7, 11) is 0. The molecule has 124 valence electrons. The average molecular weight is 345 g/mol. The highest BCUT2D eigenvalue weighted by Gasteiger charge is 2.25. The van der Waals surface area contributed by atoms with Crippen molar-refractivity contribution in [1.29, 1.82) is 0 Å². The first kappa shape index (κ1) is 16.4. The van der Waals surface area contributed by atoms with Crippen molar-refractivity contribution in [3.05, 3.63) is 77.5 Å². The minimum absolute atomic E-state index is 0.255. The van der Waals surface area contributed by atoms with Crippen molar-refractivity contribution in [2.75, 3.05) is 6.54 Å². The molecule has 24 heavy (non-hydrogen) atoms. The van der Waals surface area contributed by atoms with E-state index in [2.05, 4.69) is 12.0 Å². The van der Waals surface area contributed by atoms with Gasteiger partial charge in [0, 0.05) is 17.1 Å². The van der Waals surface area contributed by atoms with Gasteiger partial charge in [-0.05, 0) is 23.8 Å². The zero-order valence-corrected chi connectivity index (χ0v) is 13.7. The van der Waals surface area contributed by atoms with Gasteiger partial charge in [0.05, 0.1) is 12.8 Å². The van der Waals surface area contributed by atoms with Crippen LogP contribution in [0.25, 0.3) is 0 Å². The maximum Gasteiger partial charge on any atom is 0.426 e. The predicted octanol–water partition coefficient (Wildman–Crippen LogP) is 4.06. The van der Waals surface area contributed by atoms with E-state index < -0.39 is 6.09 Å². The lowest BCUT2D eigenvalue weighted by atomic mass is 10.1. The van der Waals surface area contributed by atoms with Crippen LogP contribution in [0.4, 0.5) is 4.79 Å². The van der Waals surface area contributed by atoms with Crippen LogP contribution in [-0.4, -0.2) is 17.6 Å². The quantitative estimate of drug-likeness (QED) is 0.853. The van der Waals surface area contributed by atoms with E-state index in [1.165, 1.54) is 0 Å². The van der Waals surface area contributed by atoms with Crippen LogP contribution >= 0.6 is 11.6 Å². The fraction of sp³-hybridized carbons (Fsp3) is 0.167. The lowest BCUT2D eigenvalue weighted by Crippen LogP contribution is -2.43. The number of para-hydroxylation sites is 1. The number of nitrogens with one attached hydrogen (secondary N) is 1. The maximum absolute atomic E-state index is 11.7. The number of amides is 1. The Balaban J connectivity index is 1.87. The molecule has 1 unspecified atom stereocenters.